The number of hydrogen-bond acceptors (Lipinski definition) is 4. The molecule has 1 atom stereocenters. The van der Waals surface area contributed by atoms with Crippen LogP contribution in [0.25, 0.3) is 0 Å². The molecule has 0 radical (unpaired) electrons. The van der Waals surface area contributed by atoms with Gasteiger partial charge in [0.2, 0.25) is 0 Å². The zero-order valence-electron chi connectivity index (χ0n) is 18.1. The summed E-state index contributed by atoms with van der Waals surface area (Å²) in [5, 5.41) is 0. The molecule has 0 aromatic rings. The Morgan fingerprint density at radius 2 is 0.963 bits per heavy atom. The average molecular weight is 418 g/mol. The summed E-state index contributed by atoms with van der Waals surface area (Å²) in [5.41, 5.74) is 0. The Hall–Kier alpha value is 0.420. The molecule has 0 N–H and O–H groups in total. The van der Waals surface area contributed by atoms with Crippen LogP contribution >= 0.6 is 16.9 Å². The lowest BCUT2D eigenvalue weighted by Crippen LogP contribution is -2.75. The number of nitrogens with zero attached hydrogens (tertiary/aromatic N) is 7. The maximum atomic E-state index is 5.02. The summed E-state index contributed by atoms with van der Waals surface area (Å²) in [4.78, 5) is 8.34. The Kier molecular flexibility index (Phi) is 7.42. The van der Waals surface area contributed by atoms with Gasteiger partial charge in [0, 0.05) is 39.3 Å². The van der Waals surface area contributed by atoms with Crippen molar-refractivity contribution in [2.75, 3.05) is 74.5 Å². The van der Waals surface area contributed by atoms with Gasteiger partial charge in [-0.2, -0.15) is 0 Å². The van der Waals surface area contributed by atoms with Crippen LogP contribution in [-0.2, 0) is 0 Å². The SMILES string of the molecule is CN(C)P(=NP)(N(C)C)N(C)C(N1CCCC1)(N1CCCC1)N1CCCC1. The fourth-order valence-corrected chi connectivity index (χ4v) is 10.4. The van der Waals surface area contributed by atoms with Crippen molar-refractivity contribution < 1.29 is 0 Å². The highest BCUT2D eigenvalue weighted by Crippen LogP contribution is 2.61. The van der Waals surface area contributed by atoms with E-state index in [1.54, 1.807) is 0 Å². The molecule has 9 heteroatoms. The van der Waals surface area contributed by atoms with Crippen molar-refractivity contribution in [2.24, 2.45) is 4.52 Å². The Balaban J connectivity index is 2.17. The first kappa shape index (κ1) is 22.1. The van der Waals surface area contributed by atoms with E-state index in [1.807, 2.05) is 0 Å². The molecule has 3 saturated heterocycles. The number of hydrogen-bond donors (Lipinski definition) is 0. The van der Waals surface area contributed by atoms with Crippen LogP contribution in [0.5, 0.6) is 0 Å². The summed E-state index contributed by atoms with van der Waals surface area (Å²) >= 11 is 0. The summed E-state index contributed by atoms with van der Waals surface area (Å²) in [6, 6.07) is 0. The molecule has 3 fully saturated rings. The molecule has 3 rings (SSSR count). The van der Waals surface area contributed by atoms with Crippen LogP contribution < -0.4 is 0 Å². The average Bonchev–Trinajstić information content (AvgIpc) is 3.41. The van der Waals surface area contributed by atoms with Gasteiger partial charge in [-0.3, -0.25) is 24.0 Å². The molecule has 3 heterocycles. The minimum Gasteiger partial charge on any atom is -0.259 e. The molecule has 0 bridgehead atoms. The van der Waals surface area contributed by atoms with Crippen molar-refractivity contribution in [3.8, 4) is 0 Å². The quantitative estimate of drug-likeness (QED) is 0.592. The van der Waals surface area contributed by atoms with Gasteiger partial charge in [0.05, 0.1) is 0 Å². The lowest BCUT2D eigenvalue weighted by atomic mass is 10.3. The highest BCUT2D eigenvalue weighted by molar-refractivity contribution is 7.62. The summed E-state index contributed by atoms with van der Waals surface area (Å²) in [5.74, 6) is -0.161. The van der Waals surface area contributed by atoms with E-state index in [0.29, 0.717) is 0 Å². The predicted octanol–water partition coefficient (Wildman–Crippen LogP) is 2.68. The van der Waals surface area contributed by atoms with Gasteiger partial charge in [-0.05, 0) is 83.2 Å². The second-order valence-corrected chi connectivity index (χ2v) is 12.7. The Bertz CT molecular complexity index is 483. The van der Waals surface area contributed by atoms with Crippen molar-refractivity contribution in [1.29, 1.82) is 0 Å². The maximum Gasteiger partial charge on any atom is 0.197 e. The van der Waals surface area contributed by atoms with Crippen molar-refractivity contribution in [2.45, 2.75) is 44.4 Å². The van der Waals surface area contributed by atoms with Gasteiger partial charge in [0.1, 0.15) is 0 Å². The van der Waals surface area contributed by atoms with Crippen LogP contribution in [0.3, 0.4) is 0 Å². The van der Waals surface area contributed by atoms with Crippen molar-refractivity contribution in [3.05, 3.63) is 0 Å². The van der Waals surface area contributed by atoms with E-state index in [9.17, 15) is 0 Å². The second kappa shape index (κ2) is 9.06. The van der Waals surface area contributed by atoms with Gasteiger partial charge >= 0.3 is 0 Å². The van der Waals surface area contributed by atoms with Crippen LogP contribution in [0.4, 0.5) is 0 Å². The summed E-state index contributed by atoms with van der Waals surface area (Å²) in [6.07, 6.45) is 7.86. The van der Waals surface area contributed by atoms with E-state index >= 15 is 0 Å². The third-order valence-electron chi connectivity index (χ3n) is 6.66. The molecule has 27 heavy (non-hydrogen) atoms. The van der Waals surface area contributed by atoms with E-state index in [2.05, 4.69) is 73.3 Å². The van der Waals surface area contributed by atoms with Crippen molar-refractivity contribution in [3.63, 3.8) is 0 Å². The van der Waals surface area contributed by atoms with Gasteiger partial charge in [-0.15, -0.1) is 0 Å². The van der Waals surface area contributed by atoms with E-state index in [0.717, 1.165) is 0 Å². The van der Waals surface area contributed by atoms with Gasteiger partial charge in [-0.25, -0.2) is 9.19 Å². The van der Waals surface area contributed by atoms with Gasteiger partial charge in [-0.1, -0.05) is 0 Å². The third kappa shape index (κ3) is 3.57. The van der Waals surface area contributed by atoms with Crippen LogP contribution in [0.15, 0.2) is 4.52 Å². The third-order valence-corrected chi connectivity index (χ3v) is 11.1. The highest BCUT2D eigenvalue weighted by Gasteiger charge is 2.57. The fourth-order valence-electron chi connectivity index (χ4n) is 5.62. The summed E-state index contributed by atoms with van der Waals surface area (Å²) in [6.45, 7) is 7.14. The number of rotatable bonds is 7. The van der Waals surface area contributed by atoms with Gasteiger partial charge in [0.15, 0.2) is 13.4 Å². The van der Waals surface area contributed by atoms with Crippen LogP contribution in [0, 0.1) is 0 Å². The topological polar surface area (TPSA) is 31.8 Å². The Labute approximate surface area is 169 Å². The largest absolute Gasteiger partial charge is 0.259 e. The zero-order valence-corrected chi connectivity index (χ0v) is 20.2. The highest BCUT2D eigenvalue weighted by atomic mass is 31.2. The summed E-state index contributed by atoms with van der Waals surface area (Å²) in [7, 11) is 11.8. The summed E-state index contributed by atoms with van der Waals surface area (Å²) < 4.78 is 12.4. The van der Waals surface area contributed by atoms with E-state index < -0.39 is 7.51 Å². The molecule has 0 saturated carbocycles. The first-order valence-corrected chi connectivity index (χ1v) is 12.7. The van der Waals surface area contributed by atoms with Gasteiger partial charge in [0.25, 0.3) is 0 Å². The monoisotopic (exact) mass is 417 g/mol. The molecule has 0 aromatic heterocycles. The molecule has 0 spiro atoms. The number of likely N-dealkylation sites (tertiary alicyclic amines) is 3. The molecule has 158 valence electrons. The normalized spacial score (nSPS) is 24.2. The molecule has 0 aromatic carbocycles. The van der Waals surface area contributed by atoms with E-state index in [-0.39, 0.29) is 5.91 Å². The maximum absolute atomic E-state index is 5.02. The van der Waals surface area contributed by atoms with Crippen LogP contribution in [0.1, 0.15) is 38.5 Å². The Morgan fingerprint density at radius 1 is 0.667 bits per heavy atom. The molecule has 0 aliphatic carbocycles. The van der Waals surface area contributed by atoms with E-state index in [1.165, 1.54) is 77.8 Å². The van der Waals surface area contributed by atoms with Crippen molar-refractivity contribution in [1.82, 2.24) is 28.7 Å². The molecular weight excluding hydrogens is 376 g/mol. The molecule has 0 amide bonds. The van der Waals surface area contributed by atoms with Crippen molar-refractivity contribution >= 4 is 16.9 Å². The Morgan fingerprint density at radius 3 is 1.19 bits per heavy atom. The molecule has 7 nitrogen and oxygen atoms in total. The zero-order chi connectivity index (χ0) is 19.7. The lowest BCUT2D eigenvalue weighted by molar-refractivity contribution is -0.211. The smallest absolute Gasteiger partial charge is 0.197 e. The molecule has 3 aliphatic heterocycles. The fraction of sp³-hybridized carbons (Fsp3) is 1.00. The van der Waals surface area contributed by atoms with Gasteiger partial charge < -0.3 is 0 Å². The van der Waals surface area contributed by atoms with E-state index in [4.69, 9.17) is 4.52 Å². The van der Waals surface area contributed by atoms with Crippen LogP contribution in [0.2, 0.25) is 0 Å². The predicted molar refractivity (Wildman–Crippen MR) is 119 cm³/mol. The first-order valence-electron chi connectivity index (χ1n) is 10.6. The minimum absolute atomic E-state index is 0.161. The standard InChI is InChI=1S/C18H41N7P2/c1-20(2)27(19-26,21(3)4)22(5)18(23-12-6-7-13-23,24-14-8-9-15-24)25-16-10-11-17-25/h6-17,26H2,1-5H3. The first-order chi connectivity index (χ1) is 12.9. The molecular formula is C18H41N7P2. The minimum atomic E-state index is -2.03. The van der Waals surface area contributed by atoms with Crippen LogP contribution in [-0.4, -0.2) is 109 Å². The molecule has 1 unspecified atom stereocenters. The second-order valence-electron chi connectivity index (χ2n) is 8.55. The molecule has 3 aliphatic rings. The lowest BCUT2D eigenvalue weighted by Gasteiger charge is -2.61.